The molecule has 0 spiro atoms. The Kier molecular flexibility index (Phi) is 6.63. The second kappa shape index (κ2) is 10.5. The van der Waals surface area contributed by atoms with E-state index in [9.17, 15) is 10.1 Å². The lowest BCUT2D eigenvalue weighted by atomic mass is 9.94. The molecule has 8 heteroatoms. The maximum Gasteiger partial charge on any atom is 0.319 e. The number of hydrogen-bond donors (Lipinski definition) is 0. The first-order valence-corrected chi connectivity index (χ1v) is 14.9. The van der Waals surface area contributed by atoms with Gasteiger partial charge < -0.3 is 19.4 Å². The van der Waals surface area contributed by atoms with Crippen molar-refractivity contribution >= 4 is 22.6 Å². The summed E-state index contributed by atoms with van der Waals surface area (Å²) >= 11 is 0. The average molecular weight is 549 g/mol. The van der Waals surface area contributed by atoms with Crippen molar-refractivity contribution in [2.24, 2.45) is 5.92 Å². The minimum Gasteiger partial charge on any atom is -0.462 e. The van der Waals surface area contributed by atoms with Crippen molar-refractivity contribution in [2.45, 2.75) is 50.1 Å². The molecule has 2 aromatic carbocycles. The van der Waals surface area contributed by atoms with Crippen LogP contribution in [0.4, 0.5) is 5.82 Å². The molecule has 8 nitrogen and oxygen atoms in total. The molecule has 41 heavy (non-hydrogen) atoms. The number of amides is 1. The lowest BCUT2D eigenvalue weighted by Gasteiger charge is -2.41. The van der Waals surface area contributed by atoms with E-state index in [4.69, 9.17) is 14.7 Å². The average Bonchev–Trinajstić information content (AvgIpc) is 3.47. The predicted octanol–water partition coefficient (Wildman–Crippen LogP) is 4.55. The van der Waals surface area contributed by atoms with Crippen LogP contribution in [-0.4, -0.2) is 77.6 Å². The minimum absolute atomic E-state index is 0.139. The summed E-state index contributed by atoms with van der Waals surface area (Å²) in [7, 11) is 2.14. The highest BCUT2D eigenvalue weighted by Gasteiger charge is 2.46. The Hall–Kier alpha value is -3.96. The standard InChI is InChI=1S/C33H36N6O2/c1-3-30(40)39-15-14-38(19-24(39)11-12-34)32-27-10-9-21(26-8-4-6-22-16-23-17-28(23)31(22)26)18-29(27)35-33(36-32)41-20-25-7-5-13-37(25)2/h3-4,6,8-10,18,23-25,28H,1,5,7,11,13-17,19-20H2,2H3/t23?,24-,25-,28?/m0/s1. The highest BCUT2D eigenvalue weighted by atomic mass is 16.5. The number of piperazine rings is 1. The van der Waals surface area contributed by atoms with Gasteiger partial charge in [-0.15, -0.1) is 0 Å². The van der Waals surface area contributed by atoms with Gasteiger partial charge in [0.05, 0.1) is 24.0 Å². The molecular weight excluding hydrogens is 512 g/mol. The molecule has 1 amide bonds. The Balaban J connectivity index is 1.26. The van der Waals surface area contributed by atoms with Crippen molar-refractivity contribution in [2.75, 3.05) is 44.7 Å². The van der Waals surface area contributed by atoms with Crippen LogP contribution in [-0.2, 0) is 11.2 Å². The summed E-state index contributed by atoms with van der Waals surface area (Å²) in [5.74, 6) is 2.18. The molecule has 4 aliphatic rings. The molecule has 3 fully saturated rings. The first-order chi connectivity index (χ1) is 20.0. The Labute approximate surface area is 241 Å². The molecule has 0 bridgehead atoms. The minimum atomic E-state index is -0.238. The monoisotopic (exact) mass is 548 g/mol. The molecule has 3 heterocycles. The predicted molar refractivity (Wildman–Crippen MR) is 159 cm³/mol. The van der Waals surface area contributed by atoms with E-state index in [1.807, 2.05) is 0 Å². The molecule has 210 valence electrons. The van der Waals surface area contributed by atoms with E-state index in [2.05, 4.69) is 65.9 Å². The van der Waals surface area contributed by atoms with Gasteiger partial charge in [-0.3, -0.25) is 4.79 Å². The van der Waals surface area contributed by atoms with Gasteiger partial charge in [0.15, 0.2) is 0 Å². The number of aromatic nitrogens is 2. The molecule has 1 aromatic heterocycles. The fourth-order valence-corrected chi connectivity index (χ4v) is 7.25. The molecule has 2 aliphatic carbocycles. The smallest absolute Gasteiger partial charge is 0.319 e. The van der Waals surface area contributed by atoms with Gasteiger partial charge in [-0.2, -0.15) is 15.2 Å². The highest BCUT2D eigenvalue weighted by Crippen LogP contribution is 2.58. The Morgan fingerprint density at radius 2 is 2.10 bits per heavy atom. The van der Waals surface area contributed by atoms with Crippen LogP contribution in [0.15, 0.2) is 49.1 Å². The summed E-state index contributed by atoms with van der Waals surface area (Å²) < 4.78 is 6.27. The van der Waals surface area contributed by atoms with Gasteiger partial charge in [-0.1, -0.05) is 30.8 Å². The molecule has 2 unspecified atom stereocenters. The number of likely N-dealkylation sites (N-methyl/N-ethyl adjacent to an activating group) is 1. The van der Waals surface area contributed by atoms with Crippen LogP contribution in [0, 0.1) is 17.2 Å². The fraction of sp³-hybridized carbons (Fsp3) is 0.455. The first kappa shape index (κ1) is 26.0. The van der Waals surface area contributed by atoms with Crippen molar-refractivity contribution in [1.82, 2.24) is 19.8 Å². The molecule has 7 rings (SSSR count). The number of ether oxygens (including phenoxy) is 1. The fourth-order valence-electron chi connectivity index (χ4n) is 7.25. The van der Waals surface area contributed by atoms with E-state index in [1.165, 1.54) is 47.6 Å². The number of nitriles is 1. The van der Waals surface area contributed by atoms with Crippen LogP contribution in [0.2, 0.25) is 0 Å². The lowest BCUT2D eigenvalue weighted by Crippen LogP contribution is -2.55. The van der Waals surface area contributed by atoms with Crippen LogP contribution < -0.4 is 9.64 Å². The van der Waals surface area contributed by atoms with E-state index in [0.717, 1.165) is 35.6 Å². The summed E-state index contributed by atoms with van der Waals surface area (Å²) in [5, 5.41) is 10.5. The van der Waals surface area contributed by atoms with Gasteiger partial charge in [0.1, 0.15) is 12.4 Å². The third-order valence-electron chi connectivity index (χ3n) is 9.58. The summed E-state index contributed by atoms with van der Waals surface area (Å²) in [6.45, 7) is 6.91. The molecule has 1 saturated carbocycles. The second-order valence-corrected chi connectivity index (χ2v) is 12.0. The van der Waals surface area contributed by atoms with Gasteiger partial charge >= 0.3 is 6.01 Å². The molecule has 2 aliphatic heterocycles. The van der Waals surface area contributed by atoms with E-state index >= 15 is 0 Å². The Morgan fingerprint density at radius 1 is 1.20 bits per heavy atom. The zero-order valence-corrected chi connectivity index (χ0v) is 23.6. The summed E-state index contributed by atoms with van der Waals surface area (Å²) in [5.41, 5.74) is 6.36. The maximum absolute atomic E-state index is 12.5. The van der Waals surface area contributed by atoms with Gasteiger partial charge in [0, 0.05) is 31.1 Å². The van der Waals surface area contributed by atoms with Crippen molar-refractivity contribution in [3.8, 4) is 23.2 Å². The van der Waals surface area contributed by atoms with Crippen molar-refractivity contribution < 1.29 is 9.53 Å². The molecular formula is C33H36N6O2. The third-order valence-corrected chi connectivity index (χ3v) is 9.58. The SMILES string of the molecule is C=CC(=O)N1CCN(c2nc(OC[C@@H]3CCCN3C)nc3cc(-c4cccc5c4C4CC4C5)ccc23)C[C@@H]1CC#N. The number of hydrogen-bond acceptors (Lipinski definition) is 7. The van der Waals surface area contributed by atoms with Gasteiger partial charge in [0.25, 0.3) is 0 Å². The van der Waals surface area contributed by atoms with Gasteiger partial charge in [0.2, 0.25) is 5.91 Å². The molecule has 3 aromatic rings. The van der Waals surface area contributed by atoms with E-state index < -0.39 is 0 Å². The number of carbonyl (C=O) groups is 1. The Bertz CT molecular complexity index is 1560. The number of anilines is 1. The van der Waals surface area contributed by atoms with Crippen LogP contribution in [0.5, 0.6) is 6.01 Å². The molecule has 2 saturated heterocycles. The lowest BCUT2D eigenvalue weighted by molar-refractivity contribution is -0.128. The van der Waals surface area contributed by atoms with Gasteiger partial charge in [-0.25, -0.2) is 0 Å². The number of fused-ring (bicyclic) bond motifs is 4. The van der Waals surface area contributed by atoms with Crippen LogP contribution in [0.1, 0.15) is 42.7 Å². The second-order valence-electron chi connectivity index (χ2n) is 12.0. The third kappa shape index (κ3) is 4.72. The van der Waals surface area contributed by atoms with Crippen molar-refractivity contribution in [3.63, 3.8) is 0 Å². The van der Waals surface area contributed by atoms with Crippen molar-refractivity contribution in [3.05, 3.63) is 60.2 Å². The number of nitrogens with zero attached hydrogens (tertiary/aromatic N) is 6. The zero-order valence-electron chi connectivity index (χ0n) is 23.6. The van der Waals surface area contributed by atoms with E-state index in [1.54, 1.807) is 4.90 Å². The van der Waals surface area contributed by atoms with E-state index in [-0.39, 0.29) is 18.4 Å². The largest absolute Gasteiger partial charge is 0.462 e. The number of carbonyl (C=O) groups excluding carboxylic acids is 1. The van der Waals surface area contributed by atoms with Gasteiger partial charge in [-0.05, 0) is 91.6 Å². The quantitative estimate of drug-likeness (QED) is 0.401. The Morgan fingerprint density at radius 3 is 2.90 bits per heavy atom. The van der Waals surface area contributed by atoms with Crippen LogP contribution in [0.3, 0.4) is 0 Å². The van der Waals surface area contributed by atoms with Crippen molar-refractivity contribution in [1.29, 1.82) is 5.26 Å². The molecule has 4 atom stereocenters. The number of benzene rings is 2. The van der Waals surface area contributed by atoms with Crippen LogP contribution >= 0.6 is 0 Å². The summed E-state index contributed by atoms with van der Waals surface area (Å²) in [4.78, 5) is 28.7. The first-order valence-electron chi connectivity index (χ1n) is 14.9. The topological polar surface area (TPSA) is 85.6 Å². The number of rotatable bonds is 7. The molecule has 0 N–H and O–H groups in total. The summed E-state index contributed by atoms with van der Waals surface area (Å²) in [6, 6.07) is 16.0. The molecule has 0 radical (unpaired) electrons. The van der Waals surface area contributed by atoms with E-state index in [0.29, 0.717) is 44.2 Å². The normalized spacial score (nSPS) is 25.1. The zero-order chi connectivity index (χ0) is 28.1. The number of likely N-dealkylation sites (tertiary alicyclic amines) is 1. The maximum atomic E-state index is 12.5. The summed E-state index contributed by atoms with van der Waals surface area (Å²) in [6.07, 6.45) is 6.37. The van der Waals surface area contributed by atoms with Crippen LogP contribution in [0.25, 0.3) is 22.0 Å². The highest BCUT2D eigenvalue weighted by molar-refractivity contribution is 5.94.